The molecule has 33 heavy (non-hydrogen) atoms. The van der Waals surface area contributed by atoms with Crippen molar-refractivity contribution >= 4 is 21.6 Å². The number of hydrogen-bond donors (Lipinski definition) is 2. The van der Waals surface area contributed by atoms with Crippen LogP contribution in [-0.4, -0.2) is 38.2 Å². The van der Waals surface area contributed by atoms with Gasteiger partial charge in [-0.25, -0.2) is 23.8 Å². The Bertz CT molecular complexity index is 1380. The molecular weight excluding hydrogens is 444 g/mol. The van der Waals surface area contributed by atoms with Crippen molar-refractivity contribution in [2.24, 2.45) is 9.50 Å². The molecule has 3 aromatic rings. The fourth-order valence-corrected chi connectivity index (χ4v) is 5.31. The van der Waals surface area contributed by atoms with Crippen LogP contribution in [0.2, 0.25) is 0 Å². The maximum absolute atomic E-state index is 13.2. The van der Waals surface area contributed by atoms with E-state index in [0.717, 1.165) is 36.0 Å². The van der Waals surface area contributed by atoms with Gasteiger partial charge in [0, 0.05) is 17.8 Å². The summed E-state index contributed by atoms with van der Waals surface area (Å²) in [6.45, 7) is 2.39. The molecule has 11 heteroatoms. The summed E-state index contributed by atoms with van der Waals surface area (Å²) in [5.74, 6) is 0.751. The Morgan fingerprint density at radius 2 is 2.21 bits per heavy atom. The van der Waals surface area contributed by atoms with Crippen LogP contribution in [0.1, 0.15) is 24.5 Å². The first-order chi connectivity index (χ1) is 15.9. The zero-order chi connectivity index (χ0) is 23.2. The lowest BCUT2D eigenvalue weighted by Crippen LogP contribution is -2.19. The molecule has 2 atom stereocenters. The molecule has 3 N–H and O–H groups in total. The van der Waals surface area contributed by atoms with Gasteiger partial charge in [0.15, 0.2) is 9.92 Å². The Morgan fingerprint density at radius 1 is 1.36 bits per heavy atom. The number of hydrogen-bond acceptors (Lipinski definition) is 6. The molecule has 0 radical (unpaired) electrons. The third-order valence-electron chi connectivity index (χ3n) is 5.81. The van der Waals surface area contributed by atoms with Gasteiger partial charge in [-0.1, -0.05) is 12.1 Å². The lowest BCUT2D eigenvalue weighted by atomic mass is 9.98. The van der Waals surface area contributed by atoms with Crippen molar-refractivity contribution in [1.82, 2.24) is 14.8 Å². The van der Waals surface area contributed by atoms with Gasteiger partial charge >= 0.3 is 6.03 Å². The average Bonchev–Trinajstić information content (AvgIpc) is 3.49. The number of nitrogens with two attached hydrogens (primary N) is 1. The number of nitrogens with one attached hydrogen (secondary N) is 1. The van der Waals surface area contributed by atoms with Crippen LogP contribution in [0.15, 0.2) is 45.9 Å². The highest BCUT2D eigenvalue weighted by atomic mass is 32.2. The summed E-state index contributed by atoms with van der Waals surface area (Å²) in [7, 11) is -2.01. The van der Waals surface area contributed by atoms with Gasteiger partial charge in [0.05, 0.1) is 25.5 Å². The minimum absolute atomic E-state index is 0.111. The molecule has 2 amide bonds. The van der Waals surface area contributed by atoms with Crippen LogP contribution in [-0.2, 0) is 29.3 Å². The summed E-state index contributed by atoms with van der Waals surface area (Å²) < 4.78 is 29.5. The molecule has 10 nitrogen and oxygen atoms in total. The highest BCUT2D eigenvalue weighted by Crippen LogP contribution is 2.38. The predicted octanol–water partition coefficient (Wildman–Crippen LogP) is 3.16. The topological polar surface area (TPSA) is 134 Å². The maximum Gasteiger partial charge on any atom is 0.354 e. The van der Waals surface area contributed by atoms with E-state index in [1.165, 1.54) is 11.8 Å². The van der Waals surface area contributed by atoms with E-state index in [0.29, 0.717) is 18.1 Å². The van der Waals surface area contributed by atoms with E-state index in [9.17, 15) is 9.00 Å². The normalized spacial score (nSPS) is 18.1. The number of urea groups is 1. The van der Waals surface area contributed by atoms with Gasteiger partial charge in [-0.15, -0.1) is 4.36 Å². The summed E-state index contributed by atoms with van der Waals surface area (Å²) in [6.07, 6.45) is 5.61. The molecule has 0 saturated carbocycles. The number of ether oxygens (including phenoxy) is 2. The number of aromatic nitrogens is 3. The maximum atomic E-state index is 13.2. The molecule has 2 aromatic heterocycles. The van der Waals surface area contributed by atoms with Crippen molar-refractivity contribution in [2.75, 3.05) is 12.4 Å². The minimum atomic E-state index is -3.56. The molecule has 1 aliphatic carbocycles. The van der Waals surface area contributed by atoms with Crippen LogP contribution >= 0.6 is 0 Å². The summed E-state index contributed by atoms with van der Waals surface area (Å²) in [5.41, 5.74) is 4.47. The first-order valence-electron chi connectivity index (χ1n) is 10.6. The van der Waals surface area contributed by atoms with Gasteiger partial charge in [0.1, 0.15) is 11.0 Å². The van der Waals surface area contributed by atoms with Crippen LogP contribution in [0.3, 0.4) is 0 Å². The molecule has 5 rings (SSSR count). The van der Waals surface area contributed by atoms with Gasteiger partial charge < -0.3 is 14.8 Å². The van der Waals surface area contributed by atoms with Crippen LogP contribution in [0.4, 0.5) is 10.5 Å². The van der Waals surface area contributed by atoms with Crippen molar-refractivity contribution in [1.29, 1.82) is 0 Å². The first kappa shape index (κ1) is 21.4. The number of fused-ring (bicyclic) bond motifs is 2. The van der Waals surface area contributed by atoms with Crippen LogP contribution < -0.4 is 19.9 Å². The lowest BCUT2D eigenvalue weighted by Gasteiger charge is -2.16. The fraction of sp³-hybridized carbons (Fsp3) is 0.318. The van der Waals surface area contributed by atoms with E-state index >= 15 is 0 Å². The standard InChI is InChI=1S/C22H24N6O4S/c1-13-12-28-21(32-13)18(11-25-28)33(23,30)27-22(29)26-20-16-5-3-4-14(16)6-7-17(20)15-8-9-24-19(10-15)31-2/h6-11,13H,3-5,12H2,1-2H3,(H3,23,26,27,29,30)/t13-,33-/m0/s1. The second-order valence-corrected chi connectivity index (χ2v) is 9.84. The zero-order valence-electron chi connectivity index (χ0n) is 18.3. The highest BCUT2D eigenvalue weighted by molar-refractivity contribution is 7.91. The van der Waals surface area contributed by atoms with Crippen molar-refractivity contribution in [3.63, 3.8) is 0 Å². The van der Waals surface area contributed by atoms with E-state index in [1.54, 1.807) is 24.1 Å². The fourth-order valence-electron chi connectivity index (χ4n) is 4.32. The zero-order valence-corrected chi connectivity index (χ0v) is 19.1. The van der Waals surface area contributed by atoms with Gasteiger partial charge in [-0.3, -0.25) is 0 Å². The third-order valence-corrected chi connectivity index (χ3v) is 7.15. The van der Waals surface area contributed by atoms with E-state index in [4.69, 9.17) is 14.6 Å². The largest absolute Gasteiger partial charge is 0.481 e. The number of nitrogens with zero attached hydrogens (tertiary/aromatic N) is 4. The minimum Gasteiger partial charge on any atom is -0.481 e. The molecule has 3 heterocycles. The van der Waals surface area contributed by atoms with Crippen LogP contribution in [0.5, 0.6) is 11.8 Å². The Hall–Kier alpha value is -3.44. The molecular formula is C22H24N6O4S. The first-order valence-corrected chi connectivity index (χ1v) is 12.2. The van der Waals surface area contributed by atoms with Gasteiger partial charge in [-0.05, 0) is 48.9 Å². The number of carbonyl (C=O) groups excluding carboxylic acids is 1. The van der Waals surface area contributed by atoms with Crippen molar-refractivity contribution < 1.29 is 18.5 Å². The molecule has 0 bridgehead atoms. The SMILES string of the molecule is COc1cc(-c2ccc3c(c2NC(=O)N=[S@](N)(=O)c2cnn4c2O[C@@H](C)C4)CCC3)ccn1. The Morgan fingerprint density at radius 3 is 3.03 bits per heavy atom. The number of aryl methyl sites for hydroxylation is 1. The number of methoxy groups -OCH3 is 1. The monoisotopic (exact) mass is 468 g/mol. The lowest BCUT2D eigenvalue weighted by molar-refractivity contribution is 0.248. The Kier molecular flexibility index (Phi) is 5.29. The molecule has 1 aromatic carbocycles. The third kappa shape index (κ3) is 3.93. The number of amides is 2. The molecule has 0 saturated heterocycles. The van der Waals surface area contributed by atoms with Crippen LogP contribution in [0, 0.1) is 0 Å². The molecule has 0 spiro atoms. The summed E-state index contributed by atoms with van der Waals surface area (Å²) in [6, 6.07) is 6.86. The summed E-state index contributed by atoms with van der Waals surface area (Å²) in [4.78, 5) is 17.2. The number of rotatable bonds is 4. The van der Waals surface area contributed by atoms with Crippen LogP contribution in [0.25, 0.3) is 11.1 Å². The van der Waals surface area contributed by atoms with Crippen molar-refractivity contribution in [2.45, 2.75) is 43.7 Å². The molecule has 172 valence electrons. The Labute approximate surface area is 191 Å². The van der Waals surface area contributed by atoms with E-state index in [-0.39, 0.29) is 16.9 Å². The molecule has 2 aliphatic rings. The van der Waals surface area contributed by atoms with E-state index in [1.807, 2.05) is 19.1 Å². The quantitative estimate of drug-likeness (QED) is 0.604. The molecule has 0 fully saturated rings. The summed E-state index contributed by atoms with van der Waals surface area (Å²) >= 11 is 0. The molecule has 0 unspecified atom stereocenters. The number of benzene rings is 1. The van der Waals surface area contributed by atoms with E-state index < -0.39 is 15.9 Å². The number of carbonyl (C=O) groups is 1. The second-order valence-electron chi connectivity index (χ2n) is 8.08. The smallest absolute Gasteiger partial charge is 0.354 e. The Balaban J connectivity index is 1.52. The van der Waals surface area contributed by atoms with Gasteiger partial charge in [-0.2, -0.15) is 5.10 Å². The molecule has 1 aliphatic heterocycles. The van der Waals surface area contributed by atoms with Crippen molar-refractivity contribution in [3.8, 4) is 22.9 Å². The van der Waals surface area contributed by atoms with E-state index in [2.05, 4.69) is 25.8 Å². The number of anilines is 1. The summed E-state index contributed by atoms with van der Waals surface area (Å²) in [5, 5.41) is 13.0. The predicted molar refractivity (Wildman–Crippen MR) is 123 cm³/mol. The highest BCUT2D eigenvalue weighted by Gasteiger charge is 2.29. The number of pyridine rings is 1. The van der Waals surface area contributed by atoms with Crippen molar-refractivity contribution in [3.05, 3.63) is 47.8 Å². The average molecular weight is 469 g/mol. The second kappa shape index (κ2) is 8.16. The van der Waals surface area contributed by atoms with Gasteiger partial charge in [0.2, 0.25) is 11.8 Å². The van der Waals surface area contributed by atoms with Gasteiger partial charge in [0.25, 0.3) is 0 Å².